The van der Waals surface area contributed by atoms with Gasteiger partial charge in [-0.15, -0.1) is 0 Å². The van der Waals surface area contributed by atoms with Crippen LogP contribution in [-0.4, -0.2) is 38.1 Å². The van der Waals surface area contributed by atoms with Crippen molar-refractivity contribution < 1.29 is 0 Å². The van der Waals surface area contributed by atoms with Gasteiger partial charge in [0, 0.05) is 19.1 Å². The molecule has 1 aliphatic carbocycles. The third kappa shape index (κ3) is 4.98. The molecule has 2 heteroatoms. The molecule has 0 aromatic carbocycles. The molecule has 1 N–H and O–H groups in total. The average molecular weight is 212 g/mol. The minimum atomic E-state index is 0.783. The zero-order valence-electron chi connectivity index (χ0n) is 10.9. The number of rotatable bonds is 5. The lowest BCUT2D eigenvalue weighted by Gasteiger charge is -2.32. The number of hydrogen-bond acceptors (Lipinski definition) is 2. The van der Waals surface area contributed by atoms with Gasteiger partial charge in [-0.25, -0.2) is 0 Å². The summed E-state index contributed by atoms with van der Waals surface area (Å²) in [7, 11) is 4.28. The largest absolute Gasteiger partial charge is 0.313 e. The first kappa shape index (κ1) is 13.0. The summed E-state index contributed by atoms with van der Waals surface area (Å²) in [5.41, 5.74) is 0. The molecule has 1 aliphatic rings. The Hall–Kier alpha value is -0.0800. The molecule has 1 saturated carbocycles. The van der Waals surface area contributed by atoms with E-state index in [-0.39, 0.29) is 0 Å². The summed E-state index contributed by atoms with van der Waals surface area (Å²) < 4.78 is 0. The molecule has 0 bridgehead atoms. The van der Waals surface area contributed by atoms with E-state index in [4.69, 9.17) is 0 Å². The molecule has 0 aliphatic heterocycles. The Morgan fingerprint density at radius 3 is 2.60 bits per heavy atom. The van der Waals surface area contributed by atoms with Crippen LogP contribution in [-0.2, 0) is 0 Å². The second kappa shape index (κ2) is 6.49. The quantitative estimate of drug-likeness (QED) is 0.752. The molecule has 0 aromatic heterocycles. The van der Waals surface area contributed by atoms with Gasteiger partial charge >= 0.3 is 0 Å². The summed E-state index contributed by atoms with van der Waals surface area (Å²) in [5, 5.41) is 3.70. The first-order valence-electron chi connectivity index (χ1n) is 6.47. The van der Waals surface area contributed by atoms with Gasteiger partial charge in [0.1, 0.15) is 0 Å². The highest BCUT2D eigenvalue weighted by atomic mass is 15.1. The highest BCUT2D eigenvalue weighted by Gasteiger charge is 2.23. The summed E-state index contributed by atoms with van der Waals surface area (Å²) in [6.07, 6.45) is 5.65. The van der Waals surface area contributed by atoms with Crippen LogP contribution in [0.3, 0.4) is 0 Å². The van der Waals surface area contributed by atoms with Crippen molar-refractivity contribution in [3.05, 3.63) is 0 Å². The SMILES string of the molecule is CC(C)C1CCCC(NCCN(C)C)C1. The standard InChI is InChI=1S/C13H28N2/c1-11(2)12-6-5-7-13(10-12)14-8-9-15(3)4/h11-14H,5-10H2,1-4H3. The van der Waals surface area contributed by atoms with Gasteiger partial charge < -0.3 is 10.2 Å². The Kier molecular flexibility index (Phi) is 5.62. The molecule has 2 atom stereocenters. The van der Waals surface area contributed by atoms with Crippen molar-refractivity contribution in [2.75, 3.05) is 27.2 Å². The van der Waals surface area contributed by atoms with Crippen molar-refractivity contribution >= 4 is 0 Å². The van der Waals surface area contributed by atoms with Gasteiger partial charge in [-0.05, 0) is 38.8 Å². The smallest absolute Gasteiger partial charge is 0.0101 e. The van der Waals surface area contributed by atoms with Crippen molar-refractivity contribution in [3.8, 4) is 0 Å². The zero-order chi connectivity index (χ0) is 11.3. The van der Waals surface area contributed by atoms with E-state index in [1.807, 2.05) is 0 Å². The average Bonchev–Trinajstić information content (AvgIpc) is 2.17. The molecule has 2 unspecified atom stereocenters. The van der Waals surface area contributed by atoms with Crippen LogP contribution in [0.2, 0.25) is 0 Å². The Morgan fingerprint density at radius 2 is 2.00 bits per heavy atom. The van der Waals surface area contributed by atoms with Crippen LogP contribution < -0.4 is 5.32 Å². The van der Waals surface area contributed by atoms with Crippen LogP contribution in [0.25, 0.3) is 0 Å². The third-order valence-corrected chi connectivity index (χ3v) is 3.65. The maximum Gasteiger partial charge on any atom is 0.0101 e. The Balaban J connectivity index is 2.18. The van der Waals surface area contributed by atoms with E-state index in [0.29, 0.717) is 0 Å². The highest BCUT2D eigenvalue weighted by Crippen LogP contribution is 2.29. The third-order valence-electron chi connectivity index (χ3n) is 3.65. The summed E-state index contributed by atoms with van der Waals surface area (Å²) in [6, 6.07) is 0.783. The van der Waals surface area contributed by atoms with Crippen LogP contribution >= 0.6 is 0 Å². The van der Waals surface area contributed by atoms with Gasteiger partial charge in [0.2, 0.25) is 0 Å². The summed E-state index contributed by atoms with van der Waals surface area (Å²) in [4.78, 5) is 2.25. The predicted octanol–water partition coefficient (Wildman–Crippen LogP) is 2.35. The molecule has 0 saturated heterocycles. The van der Waals surface area contributed by atoms with Crippen LogP contribution in [0.1, 0.15) is 39.5 Å². The van der Waals surface area contributed by atoms with E-state index >= 15 is 0 Å². The normalized spacial score (nSPS) is 27.6. The molecular formula is C13H28N2. The lowest BCUT2D eigenvalue weighted by atomic mass is 9.79. The van der Waals surface area contributed by atoms with Gasteiger partial charge in [-0.2, -0.15) is 0 Å². The Morgan fingerprint density at radius 1 is 1.27 bits per heavy atom. The second-order valence-corrected chi connectivity index (χ2v) is 5.63. The topological polar surface area (TPSA) is 15.3 Å². The zero-order valence-corrected chi connectivity index (χ0v) is 10.9. The summed E-state index contributed by atoms with van der Waals surface area (Å²) in [5.74, 6) is 1.82. The second-order valence-electron chi connectivity index (χ2n) is 5.63. The minimum absolute atomic E-state index is 0.783. The fraction of sp³-hybridized carbons (Fsp3) is 1.00. The summed E-state index contributed by atoms with van der Waals surface area (Å²) in [6.45, 7) is 7.03. The molecule has 1 rings (SSSR count). The maximum atomic E-state index is 3.70. The van der Waals surface area contributed by atoms with E-state index in [0.717, 1.165) is 31.0 Å². The predicted molar refractivity (Wildman–Crippen MR) is 67.1 cm³/mol. The van der Waals surface area contributed by atoms with Crippen molar-refractivity contribution in [2.45, 2.75) is 45.6 Å². The fourth-order valence-corrected chi connectivity index (χ4v) is 2.51. The molecule has 15 heavy (non-hydrogen) atoms. The molecule has 0 heterocycles. The van der Waals surface area contributed by atoms with Gasteiger partial charge in [0.15, 0.2) is 0 Å². The van der Waals surface area contributed by atoms with Crippen molar-refractivity contribution in [3.63, 3.8) is 0 Å². The highest BCUT2D eigenvalue weighted by molar-refractivity contribution is 4.79. The van der Waals surface area contributed by atoms with Gasteiger partial charge in [0.25, 0.3) is 0 Å². The molecule has 0 amide bonds. The number of likely N-dealkylation sites (N-methyl/N-ethyl adjacent to an activating group) is 1. The molecule has 0 radical (unpaired) electrons. The van der Waals surface area contributed by atoms with E-state index in [1.165, 1.54) is 25.7 Å². The molecule has 1 fully saturated rings. The van der Waals surface area contributed by atoms with Crippen molar-refractivity contribution in [2.24, 2.45) is 11.8 Å². The molecule has 2 nitrogen and oxygen atoms in total. The lowest BCUT2D eigenvalue weighted by molar-refractivity contribution is 0.228. The lowest BCUT2D eigenvalue weighted by Crippen LogP contribution is -2.38. The Bertz CT molecular complexity index is 166. The molecular weight excluding hydrogens is 184 g/mol. The molecule has 0 aromatic rings. The maximum absolute atomic E-state index is 3.70. The van der Waals surface area contributed by atoms with Crippen LogP contribution in [0.5, 0.6) is 0 Å². The van der Waals surface area contributed by atoms with E-state index in [2.05, 4.69) is 38.2 Å². The minimum Gasteiger partial charge on any atom is -0.313 e. The Labute approximate surface area is 95.4 Å². The van der Waals surface area contributed by atoms with Crippen molar-refractivity contribution in [1.29, 1.82) is 0 Å². The van der Waals surface area contributed by atoms with E-state index in [9.17, 15) is 0 Å². The van der Waals surface area contributed by atoms with Crippen LogP contribution in [0, 0.1) is 11.8 Å². The number of nitrogens with zero attached hydrogens (tertiary/aromatic N) is 1. The number of hydrogen-bond donors (Lipinski definition) is 1. The monoisotopic (exact) mass is 212 g/mol. The van der Waals surface area contributed by atoms with Gasteiger partial charge in [-0.1, -0.05) is 26.7 Å². The fourth-order valence-electron chi connectivity index (χ4n) is 2.51. The first-order valence-corrected chi connectivity index (χ1v) is 6.47. The van der Waals surface area contributed by atoms with Crippen molar-refractivity contribution in [1.82, 2.24) is 10.2 Å². The van der Waals surface area contributed by atoms with E-state index in [1.54, 1.807) is 0 Å². The summed E-state index contributed by atoms with van der Waals surface area (Å²) >= 11 is 0. The molecule has 0 spiro atoms. The van der Waals surface area contributed by atoms with Crippen LogP contribution in [0.4, 0.5) is 0 Å². The number of nitrogens with one attached hydrogen (secondary N) is 1. The first-order chi connectivity index (χ1) is 7.09. The van der Waals surface area contributed by atoms with Crippen LogP contribution in [0.15, 0.2) is 0 Å². The van der Waals surface area contributed by atoms with Gasteiger partial charge in [0.05, 0.1) is 0 Å². The van der Waals surface area contributed by atoms with Gasteiger partial charge in [-0.3, -0.25) is 0 Å². The van der Waals surface area contributed by atoms with E-state index < -0.39 is 0 Å². The molecule has 90 valence electrons.